The number of fused-ring (bicyclic) bond motifs is 3. The fraction of sp³-hybridized carbons (Fsp3) is 0.200. The highest BCUT2D eigenvalue weighted by Gasteiger charge is 2.31. The molecule has 0 fully saturated rings. The summed E-state index contributed by atoms with van der Waals surface area (Å²) >= 11 is 0. The summed E-state index contributed by atoms with van der Waals surface area (Å²) in [5.41, 5.74) is 2.73. The van der Waals surface area contributed by atoms with E-state index >= 15 is 0 Å². The van der Waals surface area contributed by atoms with Gasteiger partial charge in [-0.2, -0.15) is 9.37 Å². The number of pyridine rings is 3. The lowest BCUT2D eigenvalue weighted by Crippen LogP contribution is -2.25. The zero-order chi connectivity index (χ0) is 22.9. The highest BCUT2D eigenvalue weighted by molar-refractivity contribution is 6.12. The molecule has 1 aliphatic rings. The number of hydrogen-bond acceptors (Lipinski definition) is 6. The van der Waals surface area contributed by atoms with Crippen molar-refractivity contribution in [3.05, 3.63) is 78.0 Å². The Morgan fingerprint density at radius 3 is 2.76 bits per heavy atom. The standard InChI is InChI=1S/C25H22FN5O2/c1-3-31-23-18(25(32)30(2)20-8-9-22(26)29-24(20)31)14-16(15-28-23)11-13-33-21-10-12-27-19-7-5-4-6-17(19)21/h4-10,12,14-15H,3,11,13H2,1-2H3. The van der Waals surface area contributed by atoms with Gasteiger partial charge in [0.2, 0.25) is 5.95 Å². The molecule has 4 heterocycles. The topological polar surface area (TPSA) is 71.5 Å². The summed E-state index contributed by atoms with van der Waals surface area (Å²) in [5.74, 6) is 0.788. The van der Waals surface area contributed by atoms with Gasteiger partial charge >= 0.3 is 0 Å². The van der Waals surface area contributed by atoms with E-state index in [-0.39, 0.29) is 5.91 Å². The van der Waals surface area contributed by atoms with E-state index in [0.29, 0.717) is 42.5 Å². The normalized spacial score (nSPS) is 13.0. The number of benzene rings is 1. The Morgan fingerprint density at radius 1 is 1.06 bits per heavy atom. The summed E-state index contributed by atoms with van der Waals surface area (Å²) in [4.78, 5) is 29.5. The number of amides is 1. The van der Waals surface area contributed by atoms with Crippen LogP contribution in [0.15, 0.2) is 60.9 Å². The van der Waals surface area contributed by atoms with Crippen LogP contribution >= 0.6 is 0 Å². The van der Waals surface area contributed by atoms with E-state index in [0.717, 1.165) is 22.2 Å². The predicted molar refractivity (Wildman–Crippen MR) is 125 cm³/mol. The minimum atomic E-state index is -0.603. The molecular weight excluding hydrogens is 421 g/mol. The molecule has 0 N–H and O–H groups in total. The van der Waals surface area contributed by atoms with Gasteiger partial charge in [-0.3, -0.25) is 9.78 Å². The highest BCUT2D eigenvalue weighted by Crippen LogP contribution is 2.37. The second-order valence-electron chi connectivity index (χ2n) is 7.72. The fourth-order valence-electron chi connectivity index (χ4n) is 4.05. The number of carbonyl (C=O) groups excluding carboxylic acids is 1. The third-order valence-corrected chi connectivity index (χ3v) is 5.73. The monoisotopic (exact) mass is 443 g/mol. The highest BCUT2D eigenvalue weighted by atomic mass is 19.1. The van der Waals surface area contributed by atoms with E-state index in [4.69, 9.17) is 4.74 Å². The number of ether oxygens (including phenoxy) is 1. The zero-order valence-corrected chi connectivity index (χ0v) is 18.3. The summed E-state index contributed by atoms with van der Waals surface area (Å²) in [6.45, 7) is 2.82. The third-order valence-electron chi connectivity index (χ3n) is 5.73. The number of halogens is 1. The van der Waals surface area contributed by atoms with Crippen LogP contribution in [0.5, 0.6) is 5.75 Å². The van der Waals surface area contributed by atoms with Crippen molar-refractivity contribution < 1.29 is 13.9 Å². The summed E-state index contributed by atoms with van der Waals surface area (Å²) in [6.07, 6.45) is 4.02. The molecule has 1 aliphatic heterocycles. The first-order chi connectivity index (χ1) is 16.1. The Bertz CT molecular complexity index is 1350. The molecule has 0 saturated heterocycles. The number of carbonyl (C=O) groups is 1. The molecule has 1 amide bonds. The summed E-state index contributed by atoms with van der Waals surface area (Å²) in [6, 6.07) is 14.3. The van der Waals surface area contributed by atoms with Crippen molar-refractivity contribution in [2.45, 2.75) is 13.3 Å². The number of nitrogens with zero attached hydrogens (tertiary/aromatic N) is 5. The second-order valence-corrected chi connectivity index (χ2v) is 7.72. The number of hydrogen-bond donors (Lipinski definition) is 0. The lowest BCUT2D eigenvalue weighted by molar-refractivity contribution is 0.0994. The molecule has 3 aromatic heterocycles. The number of para-hydroxylation sites is 1. The smallest absolute Gasteiger partial charge is 0.261 e. The molecule has 0 spiro atoms. The third kappa shape index (κ3) is 3.73. The Labute approximate surface area is 190 Å². The zero-order valence-electron chi connectivity index (χ0n) is 18.3. The maximum absolute atomic E-state index is 13.9. The van der Waals surface area contributed by atoms with E-state index in [1.165, 1.54) is 11.0 Å². The molecular formula is C25H22FN5O2. The maximum atomic E-state index is 13.9. The predicted octanol–water partition coefficient (Wildman–Crippen LogP) is 4.53. The van der Waals surface area contributed by atoms with Gasteiger partial charge in [-0.05, 0) is 48.9 Å². The Balaban J connectivity index is 1.42. The van der Waals surface area contributed by atoms with Crippen LogP contribution in [-0.2, 0) is 6.42 Å². The van der Waals surface area contributed by atoms with Crippen molar-refractivity contribution in [3.8, 4) is 5.75 Å². The summed E-state index contributed by atoms with van der Waals surface area (Å²) in [7, 11) is 1.66. The van der Waals surface area contributed by atoms with Gasteiger partial charge in [0, 0.05) is 37.8 Å². The van der Waals surface area contributed by atoms with E-state index in [1.54, 1.807) is 30.4 Å². The Hall–Kier alpha value is -4.07. The van der Waals surface area contributed by atoms with E-state index < -0.39 is 5.95 Å². The average molecular weight is 443 g/mol. The van der Waals surface area contributed by atoms with Crippen LogP contribution in [0.25, 0.3) is 10.9 Å². The molecule has 33 heavy (non-hydrogen) atoms. The van der Waals surface area contributed by atoms with Gasteiger partial charge in [-0.25, -0.2) is 4.98 Å². The molecule has 0 unspecified atom stereocenters. The summed E-state index contributed by atoms with van der Waals surface area (Å²) < 4.78 is 19.9. The van der Waals surface area contributed by atoms with Gasteiger partial charge in [0.15, 0.2) is 5.82 Å². The first-order valence-electron chi connectivity index (χ1n) is 10.7. The summed E-state index contributed by atoms with van der Waals surface area (Å²) in [5, 5.41) is 0.952. The van der Waals surface area contributed by atoms with Crippen molar-refractivity contribution in [2.24, 2.45) is 0 Å². The molecule has 0 saturated carbocycles. The minimum Gasteiger partial charge on any atom is -0.492 e. The molecule has 7 nitrogen and oxygen atoms in total. The van der Waals surface area contributed by atoms with Crippen LogP contribution in [0.4, 0.5) is 21.7 Å². The van der Waals surface area contributed by atoms with Gasteiger partial charge < -0.3 is 14.5 Å². The van der Waals surface area contributed by atoms with E-state index in [9.17, 15) is 9.18 Å². The van der Waals surface area contributed by atoms with Crippen molar-refractivity contribution in [2.75, 3.05) is 30.0 Å². The van der Waals surface area contributed by atoms with Gasteiger partial charge in [0.25, 0.3) is 5.91 Å². The van der Waals surface area contributed by atoms with Crippen LogP contribution in [0.3, 0.4) is 0 Å². The number of rotatable bonds is 5. The molecule has 8 heteroatoms. The molecule has 4 aromatic rings. The molecule has 0 radical (unpaired) electrons. The van der Waals surface area contributed by atoms with Crippen LogP contribution in [0.2, 0.25) is 0 Å². The van der Waals surface area contributed by atoms with Crippen molar-refractivity contribution in [1.82, 2.24) is 15.0 Å². The van der Waals surface area contributed by atoms with E-state index in [1.807, 2.05) is 43.3 Å². The van der Waals surface area contributed by atoms with Gasteiger partial charge in [0.05, 0.1) is 23.4 Å². The Morgan fingerprint density at radius 2 is 1.91 bits per heavy atom. The lowest BCUT2D eigenvalue weighted by atomic mass is 10.1. The maximum Gasteiger partial charge on any atom is 0.261 e. The molecule has 0 aliphatic carbocycles. The average Bonchev–Trinajstić information content (AvgIpc) is 2.92. The molecule has 0 atom stereocenters. The molecule has 0 bridgehead atoms. The van der Waals surface area contributed by atoms with E-state index in [2.05, 4.69) is 15.0 Å². The quantitative estimate of drug-likeness (QED) is 0.422. The number of aromatic nitrogens is 3. The largest absolute Gasteiger partial charge is 0.492 e. The first kappa shape index (κ1) is 20.8. The van der Waals surface area contributed by atoms with Crippen LogP contribution in [-0.4, -0.2) is 41.1 Å². The van der Waals surface area contributed by atoms with Crippen molar-refractivity contribution in [1.29, 1.82) is 0 Å². The van der Waals surface area contributed by atoms with Gasteiger partial charge in [-0.15, -0.1) is 0 Å². The van der Waals surface area contributed by atoms with Crippen molar-refractivity contribution in [3.63, 3.8) is 0 Å². The molecule has 1 aromatic carbocycles. The van der Waals surface area contributed by atoms with Crippen LogP contribution < -0.4 is 14.5 Å². The van der Waals surface area contributed by atoms with Crippen LogP contribution in [0, 0.1) is 5.95 Å². The fourth-order valence-corrected chi connectivity index (χ4v) is 4.05. The SMILES string of the molecule is CCN1c2ncc(CCOc3ccnc4ccccc34)cc2C(=O)N(C)c2ccc(F)nc21. The second kappa shape index (κ2) is 8.46. The van der Waals surface area contributed by atoms with Crippen molar-refractivity contribution >= 4 is 34.1 Å². The van der Waals surface area contributed by atoms with Gasteiger partial charge in [-0.1, -0.05) is 12.1 Å². The molecule has 166 valence electrons. The Kier molecular flexibility index (Phi) is 5.34. The minimum absolute atomic E-state index is 0.217. The molecule has 5 rings (SSSR count). The first-order valence-corrected chi connectivity index (χ1v) is 10.7. The lowest BCUT2D eigenvalue weighted by Gasteiger charge is -2.22. The van der Waals surface area contributed by atoms with Crippen LogP contribution in [0.1, 0.15) is 22.8 Å². The number of anilines is 3. The van der Waals surface area contributed by atoms with Gasteiger partial charge in [0.1, 0.15) is 11.6 Å².